The fraction of sp³-hybridized carbons (Fsp3) is 0.326. The number of carbonyl (C=O) groups excluding carboxylic acids is 6. The van der Waals surface area contributed by atoms with Crippen LogP contribution in [0.3, 0.4) is 0 Å². The zero-order chi connectivity index (χ0) is 45.9. The fourth-order valence-corrected chi connectivity index (χ4v) is 6.28. The Balaban J connectivity index is 1.57. The lowest BCUT2D eigenvalue weighted by Gasteiger charge is -2.26. The predicted octanol–water partition coefficient (Wildman–Crippen LogP) is 4.40. The van der Waals surface area contributed by atoms with Crippen molar-refractivity contribution in [2.24, 2.45) is 0 Å². The molecule has 0 saturated heterocycles. The molecule has 0 spiro atoms. The van der Waals surface area contributed by atoms with E-state index in [0.29, 0.717) is 17.7 Å². The summed E-state index contributed by atoms with van der Waals surface area (Å²) < 4.78 is 40.3. The summed E-state index contributed by atoms with van der Waals surface area (Å²) in [6, 6.07) is 23.4. The van der Waals surface area contributed by atoms with Gasteiger partial charge in [0.1, 0.15) is 24.2 Å². The van der Waals surface area contributed by atoms with E-state index in [4.69, 9.17) is 5.11 Å². The Labute approximate surface area is 362 Å². The summed E-state index contributed by atoms with van der Waals surface area (Å²) in [5, 5.41) is 24.5. The first kappa shape index (κ1) is 48.6. The van der Waals surface area contributed by atoms with E-state index >= 15 is 0 Å². The number of rotatable bonds is 22. The first-order valence-electron chi connectivity index (χ1n) is 20.3. The molecule has 0 saturated carbocycles. The van der Waals surface area contributed by atoms with Crippen molar-refractivity contribution in [2.75, 3.05) is 11.9 Å². The molecule has 6 amide bonds. The summed E-state index contributed by atoms with van der Waals surface area (Å²) in [7, 11) is 0. The number of nitrogens with one attached hydrogen (secondary N) is 6. The fourth-order valence-electron chi connectivity index (χ4n) is 6.28. The van der Waals surface area contributed by atoms with E-state index in [2.05, 4.69) is 31.9 Å². The first-order chi connectivity index (χ1) is 30.0. The summed E-state index contributed by atoms with van der Waals surface area (Å²) in [6.07, 6.45) is -5.55. The summed E-state index contributed by atoms with van der Waals surface area (Å²) in [5.74, 6) is -5.41. The van der Waals surface area contributed by atoms with Crippen LogP contribution in [0.4, 0.5) is 18.9 Å². The van der Waals surface area contributed by atoms with Crippen molar-refractivity contribution in [2.45, 2.75) is 89.1 Å². The van der Waals surface area contributed by atoms with E-state index < -0.39 is 77.3 Å². The number of aliphatic carboxylic acids is 1. The van der Waals surface area contributed by atoms with Crippen LogP contribution in [0, 0.1) is 6.92 Å². The van der Waals surface area contributed by atoms with E-state index in [1.54, 1.807) is 54.6 Å². The lowest BCUT2D eigenvalue weighted by Crippen LogP contribution is -2.59. The van der Waals surface area contributed by atoms with Crippen molar-refractivity contribution < 1.29 is 51.8 Å². The van der Waals surface area contributed by atoms with Crippen molar-refractivity contribution >= 4 is 47.1 Å². The van der Waals surface area contributed by atoms with Crippen LogP contribution in [-0.2, 0) is 59.0 Å². The number of aryl methyl sites for hydroxylation is 2. The standard InChI is InChI=1S/C46H51F3N6O8/c1-29-13-20-35(21-14-29)52-39(56)23-24-40(57)53-36(22-17-31-9-5-3-6-10-31)43(61)54-38(28-33-15-18-34(19-16-33)46(47,48)49)45(63)55-37(27-32-11-7-4-8-12-32)44(62)51-30(2)42(60)50-26-25-41(58)59/h3-16,18-21,30,36-38H,17,22-28H2,1-2H3,(H,50,60)(H,51,62)(H,52,56)(H,53,57)(H,54,61)(H,55,63)(H,58,59)/t30-,36-,37-,38+/m1/s1. The minimum Gasteiger partial charge on any atom is -0.481 e. The number of carbonyl (C=O) groups is 7. The summed E-state index contributed by atoms with van der Waals surface area (Å²) in [6.45, 7) is 3.07. The summed E-state index contributed by atoms with van der Waals surface area (Å²) in [4.78, 5) is 91.6. The van der Waals surface area contributed by atoms with Gasteiger partial charge in [0.15, 0.2) is 0 Å². The maximum absolute atomic E-state index is 14.3. The highest BCUT2D eigenvalue weighted by Gasteiger charge is 2.33. The topological polar surface area (TPSA) is 212 Å². The normalized spacial score (nSPS) is 13.0. The molecule has 4 rings (SSSR count). The van der Waals surface area contributed by atoms with Gasteiger partial charge in [0, 0.05) is 37.9 Å². The van der Waals surface area contributed by atoms with Crippen LogP contribution in [0.1, 0.15) is 60.4 Å². The maximum atomic E-state index is 14.3. The van der Waals surface area contributed by atoms with Crippen LogP contribution >= 0.6 is 0 Å². The highest BCUT2D eigenvalue weighted by Crippen LogP contribution is 2.29. The molecule has 63 heavy (non-hydrogen) atoms. The van der Waals surface area contributed by atoms with Gasteiger partial charge in [-0.15, -0.1) is 0 Å². The van der Waals surface area contributed by atoms with Crippen LogP contribution < -0.4 is 31.9 Å². The highest BCUT2D eigenvalue weighted by molar-refractivity contribution is 5.97. The third kappa shape index (κ3) is 17.1. The third-order valence-corrected chi connectivity index (χ3v) is 9.79. The summed E-state index contributed by atoms with van der Waals surface area (Å²) >= 11 is 0. The SMILES string of the molecule is Cc1ccc(NC(=O)CCC(=O)N[C@H](CCc2ccccc2)C(=O)N[C@@H](Cc2ccc(C(F)(F)F)cc2)C(=O)N[C@H](Cc2ccccc2)C(=O)N[C@H](C)C(=O)NCCC(=O)O)cc1. The lowest BCUT2D eigenvalue weighted by atomic mass is 10.00. The second kappa shape index (κ2) is 23.8. The minimum atomic E-state index is -4.64. The Morgan fingerprint density at radius 3 is 1.63 bits per heavy atom. The van der Waals surface area contributed by atoms with Crippen molar-refractivity contribution in [3.05, 3.63) is 137 Å². The van der Waals surface area contributed by atoms with Gasteiger partial charge in [0.2, 0.25) is 35.4 Å². The molecule has 0 aliphatic rings. The number of benzene rings is 4. The number of amides is 6. The molecule has 4 atom stereocenters. The molecule has 4 aromatic carbocycles. The van der Waals surface area contributed by atoms with Crippen molar-refractivity contribution in [3.8, 4) is 0 Å². The Kier molecular flexibility index (Phi) is 18.4. The van der Waals surface area contributed by atoms with E-state index in [1.165, 1.54) is 6.92 Å². The lowest BCUT2D eigenvalue weighted by molar-refractivity contribution is -0.138. The molecule has 334 valence electrons. The highest BCUT2D eigenvalue weighted by atomic mass is 19.4. The van der Waals surface area contributed by atoms with E-state index in [0.717, 1.165) is 35.4 Å². The molecule has 14 nitrogen and oxygen atoms in total. The smallest absolute Gasteiger partial charge is 0.416 e. The molecule has 0 aliphatic carbocycles. The van der Waals surface area contributed by atoms with Crippen molar-refractivity contribution in [3.63, 3.8) is 0 Å². The number of halogens is 3. The van der Waals surface area contributed by atoms with E-state index in [9.17, 15) is 46.7 Å². The zero-order valence-corrected chi connectivity index (χ0v) is 34.8. The summed E-state index contributed by atoms with van der Waals surface area (Å²) in [5.41, 5.74) is 2.26. The molecule has 0 radical (unpaired) electrons. The maximum Gasteiger partial charge on any atom is 0.416 e. The molecular formula is C46H51F3N6O8. The molecule has 0 aliphatic heterocycles. The van der Waals surface area contributed by atoms with Crippen molar-refractivity contribution in [1.82, 2.24) is 26.6 Å². The number of hydrogen-bond acceptors (Lipinski definition) is 7. The van der Waals surface area contributed by atoms with Crippen LogP contribution in [0.2, 0.25) is 0 Å². The second-order valence-corrected chi connectivity index (χ2v) is 14.9. The van der Waals surface area contributed by atoms with Gasteiger partial charge in [0.25, 0.3) is 0 Å². The quantitative estimate of drug-likeness (QED) is 0.0601. The van der Waals surface area contributed by atoms with E-state index in [-0.39, 0.29) is 50.6 Å². The monoisotopic (exact) mass is 872 g/mol. The van der Waals surface area contributed by atoms with Crippen LogP contribution in [0.25, 0.3) is 0 Å². The largest absolute Gasteiger partial charge is 0.481 e. The Morgan fingerprint density at radius 1 is 0.571 bits per heavy atom. The Hall–Kier alpha value is -7.04. The number of alkyl halides is 3. The second-order valence-electron chi connectivity index (χ2n) is 14.9. The minimum absolute atomic E-state index is 0.0528. The predicted molar refractivity (Wildman–Crippen MR) is 228 cm³/mol. The van der Waals surface area contributed by atoms with E-state index in [1.807, 2.05) is 37.3 Å². The zero-order valence-electron chi connectivity index (χ0n) is 34.8. The average Bonchev–Trinajstić information content (AvgIpc) is 3.25. The Morgan fingerprint density at radius 2 is 1.08 bits per heavy atom. The molecule has 0 aromatic heterocycles. The third-order valence-electron chi connectivity index (χ3n) is 9.79. The molecule has 0 heterocycles. The molecular weight excluding hydrogens is 822 g/mol. The molecule has 0 bridgehead atoms. The van der Waals surface area contributed by atoms with Gasteiger partial charge in [-0.2, -0.15) is 13.2 Å². The van der Waals surface area contributed by atoms with Gasteiger partial charge in [-0.3, -0.25) is 33.6 Å². The molecule has 17 heteroatoms. The van der Waals surface area contributed by atoms with Crippen LogP contribution in [0.15, 0.2) is 109 Å². The molecule has 7 N–H and O–H groups in total. The van der Waals surface area contributed by atoms with Crippen LogP contribution in [0.5, 0.6) is 0 Å². The molecule has 0 fully saturated rings. The van der Waals surface area contributed by atoms with Gasteiger partial charge < -0.3 is 37.0 Å². The van der Waals surface area contributed by atoms with Gasteiger partial charge in [0.05, 0.1) is 12.0 Å². The Bertz CT molecular complexity index is 2170. The van der Waals surface area contributed by atoms with Gasteiger partial charge in [-0.05, 0) is 67.6 Å². The number of carboxylic acids is 1. The number of hydrogen-bond donors (Lipinski definition) is 7. The van der Waals surface area contributed by atoms with Crippen molar-refractivity contribution in [1.29, 1.82) is 0 Å². The van der Waals surface area contributed by atoms with Crippen LogP contribution in [-0.4, -0.2) is 77.2 Å². The molecule has 0 unspecified atom stereocenters. The number of anilines is 1. The van der Waals surface area contributed by atoms with Gasteiger partial charge in [-0.1, -0.05) is 90.5 Å². The number of carboxylic acid groups (broad SMARTS) is 1. The molecule has 4 aromatic rings. The first-order valence-corrected chi connectivity index (χ1v) is 20.3. The van der Waals surface area contributed by atoms with Gasteiger partial charge in [-0.25, -0.2) is 0 Å². The average molecular weight is 873 g/mol. The van der Waals surface area contributed by atoms with Gasteiger partial charge >= 0.3 is 12.1 Å².